The molecule has 0 bridgehead atoms. The van der Waals surface area contributed by atoms with Gasteiger partial charge in [-0.25, -0.2) is 4.98 Å². The van der Waals surface area contributed by atoms with Gasteiger partial charge >= 0.3 is 0 Å². The van der Waals surface area contributed by atoms with Crippen molar-refractivity contribution < 1.29 is 33.7 Å². The monoisotopic (exact) mass is 630 g/mol. The number of likely N-dealkylation sites (tertiary alicyclic amines) is 1. The van der Waals surface area contributed by atoms with Gasteiger partial charge in [0.25, 0.3) is 0 Å². The molecule has 244 valence electrons. The number of rotatable bonds is 19. The van der Waals surface area contributed by atoms with Crippen LogP contribution < -0.4 is 0 Å². The third-order valence-electron chi connectivity index (χ3n) is 7.95. The molecule has 0 radical (unpaired) electrons. The number of hydrogen-bond donors (Lipinski definition) is 1. The molecule has 1 fully saturated rings. The van der Waals surface area contributed by atoms with Gasteiger partial charge in [0.1, 0.15) is 5.78 Å². The van der Waals surface area contributed by atoms with Crippen LogP contribution >= 0.6 is 11.3 Å². The first kappa shape index (κ1) is 36.0. The van der Waals surface area contributed by atoms with Gasteiger partial charge in [0, 0.05) is 44.8 Å². The zero-order chi connectivity index (χ0) is 32.1. The van der Waals surface area contributed by atoms with Crippen LogP contribution in [0.2, 0.25) is 0 Å². The maximum absolute atomic E-state index is 13.8. The molecule has 1 saturated heterocycles. The minimum Gasteiger partial charge on any atom is -0.391 e. The molecule has 1 N–H and O–H groups in total. The maximum Gasteiger partial charge on any atom is 0.227 e. The molecule has 9 nitrogen and oxygen atoms in total. The van der Waals surface area contributed by atoms with Crippen molar-refractivity contribution in [3.8, 4) is 10.4 Å². The predicted octanol–water partition coefficient (Wildman–Crippen LogP) is 5.05. The van der Waals surface area contributed by atoms with Gasteiger partial charge in [0.2, 0.25) is 5.91 Å². The van der Waals surface area contributed by atoms with Crippen molar-refractivity contribution >= 4 is 28.8 Å². The zero-order valence-corrected chi connectivity index (χ0v) is 27.8. The number of aliphatic hydroxyl groups excluding tert-OH is 1. The number of nitrogens with zero attached hydrogens (tertiary/aromatic N) is 2. The summed E-state index contributed by atoms with van der Waals surface area (Å²) in [6.07, 6.45) is 1.52. The van der Waals surface area contributed by atoms with Gasteiger partial charge in [-0.2, -0.15) is 0 Å². The van der Waals surface area contributed by atoms with E-state index in [-0.39, 0.29) is 56.3 Å². The quantitative estimate of drug-likeness (QED) is 0.215. The van der Waals surface area contributed by atoms with E-state index in [0.29, 0.717) is 32.8 Å². The minimum absolute atomic E-state index is 0.0632. The number of thiazole rings is 1. The van der Waals surface area contributed by atoms with E-state index in [4.69, 9.17) is 14.2 Å². The molecular weight excluding hydrogens is 580 g/mol. The average Bonchev–Trinajstić information content (AvgIpc) is 3.60. The van der Waals surface area contributed by atoms with Crippen molar-refractivity contribution in [2.24, 2.45) is 11.3 Å². The topological polar surface area (TPSA) is 115 Å². The predicted molar refractivity (Wildman–Crippen MR) is 172 cm³/mol. The van der Waals surface area contributed by atoms with E-state index < -0.39 is 23.5 Å². The molecule has 0 spiro atoms. The number of hydrogen-bond acceptors (Lipinski definition) is 9. The second-order valence-electron chi connectivity index (χ2n) is 12.6. The van der Waals surface area contributed by atoms with Gasteiger partial charge in [0.15, 0.2) is 5.78 Å². The van der Waals surface area contributed by atoms with E-state index >= 15 is 0 Å². The lowest BCUT2D eigenvalue weighted by molar-refractivity contribution is -0.146. The number of ketones is 2. The highest BCUT2D eigenvalue weighted by molar-refractivity contribution is 7.13. The first-order chi connectivity index (χ1) is 21.0. The number of benzene rings is 1. The lowest BCUT2D eigenvalue weighted by Gasteiger charge is -2.34. The first-order valence-corrected chi connectivity index (χ1v) is 16.6. The second-order valence-corrected chi connectivity index (χ2v) is 13.4. The van der Waals surface area contributed by atoms with Crippen LogP contribution in [0, 0.1) is 18.3 Å². The summed E-state index contributed by atoms with van der Waals surface area (Å²) in [6.45, 7) is 12.8. The lowest BCUT2D eigenvalue weighted by atomic mass is 9.76. The molecule has 1 aromatic heterocycles. The second kappa shape index (κ2) is 17.8. The number of Topliss-reactive ketones (excluding diaryl/α,β-unsaturated/α-hetero) is 2. The van der Waals surface area contributed by atoms with Crippen molar-refractivity contribution in [1.82, 2.24) is 9.88 Å². The molecule has 0 saturated carbocycles. The number of aliphatic hydroxyl groups is 1. The summed E-state index contributed by atoms with van der Waals surface area (Å²) >= 11 is 1.60. The Morgan fingerprint density at radius 1 is 1.00 bits per heavy atom. The van der Waals surface area contributed by atoms with Gasteiger partial charge < -0.3 is 24.2 Å². The number of β-amino-alcohol motifs (C(OH)–C–C–N with tert-alkyl or cyclic N) is 1. The number of carbonyl (C=O) groups is 3. The molecule has 1 aromatic carbocycles. The molecule has 1 aliphatic rings. The molecule has 0 unspecified atom stereocenters. The summed E-state index contributed by atoms with van der Waals surface area (Å²) in [5.41, 5.74) is 4.47. The Morgan fingerprint density at radius 2 is 1.64 bits per heavy atom. The van der Waals surface area contributed by atoms with Gasteiger partial charge in [-0.1, -0.05) is 52.0 Å². The van der Waals surface area contributed by atoms with Gasteiger partial charge in [-0.3, -0.25) is 14.4 Å². The van der Waals surface area contributed by atoms with Crippen LogP contribution in [0.4, 0.5) is 0 Å². The Balaban J connectivity index is 1.49. The Kier molecular flexibility index (Phi) is 14.6. The summed E-state index contributed by atoms with van der Waals surface area (Å²) in [4.78, 5) is 47.1. The van der Waals surface area contributed by atoms with Crippen molar-refractivity contribution in [3.63, 3.8) is 0 Å². The van der Waals surface area contributed by atoms with Crippen molar-refractivity contribution in [3.05, 3.63) is 41.0 Å². The van der Waals surface area contributed by atoms with E-state index in [9.17, 15) is 19.5 Å². The molecule has 1 amide bonds. The Morgan fingerprint density at radius 3 is 2.23 bits per heavy atom. The maximum atomic E-state index is 13.8. The molecule has 1 aliphatic heterocycles. The number of amides is 1. The Hall–Kier alpha value is -2.50. The Labute approximate surface area is 266 Å². The molecule has 0 aliphatic carbocycles. The number of ether oxygens (including phenoxy) is 3. The zero-order valence-electron chi connectivity index (χ0n) is 27.0. The molecule has 3 atom stereocenters. The molecule has 2 heterocycles. The van der Waals surface area contributed by atoms with E-state index in [0.717, 1.165) is 34.7 Å². The lowest BCUT2D eigenvalue weighted by Crippen LogP contribution is -2.47. The largest absolute Gasteiger partial charge is 0.391 e. The third kappa shape index (κ3) is 11.1. The van der Waals surface area contributed by atoms with E-state index in [2.05, 4.69) is 11.9 Å². The first-order valence-electron chi connectivity index (χ1n) is 15.8. The highest BCUT2D eigenvalue weighted by atomic mass is 32.1. The number of carbonyl (C=O) groups excluding carboxylic acids is 3. The third-order valence-corrected chi connectivity index (χ3v) is 8.93. The fourth-order valence-electron chi connectivity index (χ4n) is 5.36. The van der Waals surface area contributed by atoms with Crippen LogP contribution in [0.5, 0.6) is 0 Å². The van der Waals surface area contributed by atoms with E-state index in [1.54, 1.807) is 11.3 Å². The summed E-state index contributed by atoms with van der Waals surface area (Å²) in [6, 6.07) is 7.45. The molecular formula is C34H50N2O7S. The van der Waals surface area contributed by atoms with Crippen LogP contribution in [0.25, 0.3) is 10.4 Å². The molecule has 2 aromatic rings. The van der Waals surface area contributed by atoms with Gasteiger partial charge in [-0.15, -0.1) is 11.3 Å². The average molecular weight is 631 g/mol. The fraction of sp³-hybridized carbons (Fsp3) is 0.647. The van der Waals surface area contributed by atoms with E-state index in [1.165, 1.54) is 4.90 Å². The highest BCUT2D eigenvalue weighted by Gasteiger charge is 2.44. The minimum atomic E-state index is -0.764. The molecule has 3 rings (SSSR count). The van der Waals surface area contributed by atoms with Crippen molar-refractivity contribution in [2.75, 3.05) is 46.2 Å². The van der Waals surface area contributed by atoms with Crippen LogP contribution in [0.3, 0.4) is 0 Å². The summed E-state index contributed by atoms with van der Waals surface area (Å²) < 4.78 is 16.4. The van der Waals surface area contributed by atoms with E-state index in [1.807, 2.05) is 57.5 Å². The number of aromatic nitrogens is 1. The van der Waals surface area contributed by atoms with Crippen LogP contribution in [0.1, 0.15) is 71.1 Å². The van der Waals surface area contributed by atoms with Crippen LogP contribution in [0.15, 0.2) is 29.8 Å². The van der Waals surface area contributed by atoms with Crippen LogP contribution in [-0.4, -0.2) is 90.8 Å². The molecule has 44 heavy (non-hydrogen) atoms. The van der Waals surface area contributed by atoms with Crippen LogP contribution in [-0.2, 0) is 35.0 Å². The highest BCUT2D eigenvalue weighted by Crippen LogP contribution is 2.34. The summed E-state index contributed by atoms with van der Waals surface area (Å²) in [5, 5.41) is 10.5. The summed E-state index contributed by atoms with van der Waals surface area (Å²) in [7, 11) is 0. The molecule has 10 heteroatoms. The van der Waals surface area contributed by atoms with Gasteiger partial charge in [0.05, 0.1) is 61.3 Å². The fourth-order valence-corrected chi connectivity index (χ4v) is 6.18. The smallest absolute Gasteiger partial charge is 0.227 e. The van der Waals surface area contributed by atoms with Gasteiger partial charge in [-0.05, 0) is 36.3 Å². The normalized spacial score (nSPS) is 17.6. The van der Waals surface area contributed by atoms with Crippen molar-refractivity contribution in [2.45, 2.75) is 85.3 Å². The standard InChI is InChI=1S/C34H50N2O7S/c1-6-14-41-16-18-43-19-17-42-15-13-27(37)20-29(34(3,4)5)33(40)36-22-28(38)21-30(36)31(39)12-9-25-7-10-26(11-8-25)32-24(2)35-23-44-32/h7-8,10-11,23,28-30,38H,6,9,12-22H2,1-5H3/t28-,29-,30+/m1/s1. The van der Waals surface area contributed by atoms with Crippen molar-refractivity contribution in [1.29, 1.82) is 0 Å². The number of aryl methyl sites for hydroxylation is 2. The SMILES string of the molecule is CCCOCCOCCOCCC(=O)C[C@H](C(=O)N1C[C@H](O)C[C@H]1C(=O)CCc1ccc(-c2scnc2C)cc1)C(C)(C)C. The Bertz CT molecular complexity index is 1190. The summed E-state index contributed by atoms with van der Waals surface area (Å²) in [5.74, 6) is -0.981.